The molecule has 0 fully saturated rings. The minimum atomic E-state index is -0.912. The van der Waals surface area contributed by atoms with Crippen LogP contribution in [0.4, 0.5) is 0 Å². The highest BCUT2D eigenvalue weighted by atomic mass is 16.5. The van der Waals surface area contributed by atoms with Crippen LogP contribution >= 0.6 is 0 Å². The Labute approximate surface area is 145 Å². The Bertz CT molecular complexity index is 867. The number of hydrogen-bond donors (Lipinski definition) is 2. The summed E-state index contributed by atoms with van der Waals surface area (Å²) in [5.41, 5.74) is 2.20. The van der Waals surface area contributed by atoms with Gasteiger partial charge in [-0.2, -0.15) is 0 Å². The number of ether oxygens (including phenoxy) is 3. The maximum Gasteiger partial charge on any atom is 0.138 e. The zero-order valence-corrected chi connectivity index (χ0v) is 14.2. The van der Waals surface area contributed by atoms with E-state index in [4.69, 9.17) is 14.2 Å². The highest BCUT2D eigenvalue weighted by Gasteiger charge is 2.45. The minimum absolute atomic E-state index is 0.118. The first kappa shape index (κ1) is 14.9. The van der Waals surface area contributed by atoms with Crippen molar-refractivity contribution < 1.29 is 24.4 Å². The van der Waals surface area contributed by atoms with Crippen molar-refractivity contribution in [1.82, 2.24) is 0 Å². The van der Waals surface area contributed by atoms with Gasteiger partial charge in [0.05, 0.1) is 18.1 Å². The van der Waals surface area contributed by atoms with Gasteiger partial charge in [0.25, 0.3) is 0 Å². The van der Waals surface area contributed by atoms with Crippen molar-refractivity contribution in [2.45, 2.75) is 44.0 Å². The van der Waals surface area contributed by atoms with Crippen LogP contribution in [0, 0.1) is 0 Å². The van der Waals surface area contributed by atoms with Crippen molar-refractivity contribution in [3.8, 4) is 23.0 Å². The lowest BCUT2D eigenvalue weighted by atomic mass is 9.88. The molecule has 0 spiro atoms. The molecule has 0 saturated heterocycles. The topological polar surface area (TPSA) is 68.2 Å². The van der Waals surface area contributed by atoms with E-state index in [1.807, 2.05) is 18.2 Å². The lowest BCUT2D eigenvalue weighted by Crippen LogP contribution is -2.39. The zero-order chi connectivity index (χ0) is 17.3. The van der Waals surface area contributed by atoms with Gasteiger partial charge in [0.1, 0.15) is 35.2 Å². The molecule has 2 aromatic carbocycles. The van der Waals surface area contributed by atoms with Crippen molar-refractivity contribution in [2.24, 2.45) is 0 Å². The summed E-state index contributed by atoms with van der Waals surface area (Å²) < 4.78 is 18.2. The zero-order valence-electron chi connectivity index (χ0n) is 14.2. The molecule has 2 N–H and O–H groups in total. The molecule has 5 heteroatoms. The third-order valence-electron chi connectivity index (χ3n) is 5.43. The number of aliphatic hydroxyl groups is 1. The van der Waals surface area contributed by atoms with Crippen molar-refractivity contribution >= 4 is 0 Å². The van der Waals surface area contributed by atoms with Crippen LogP contribution in [0.1, 0.15) is 42.6 Å². The normalized spacial score (nSPS) is 25.8. The van der Waals surface area contributed by atoms with Gasteiger partial charge in [-0.15, -0.1) is 0 Å². The van der Waals surface area contributed by atoms with Crippen molar-refractivity contribution in [2.75, 3.05) is 6.61 Å². The molecule has 5 nitrogen and oxygen atoms in total. The number of phenols is 1. The van der Waals surface area contributed by atoms with Crippen molar-refractivity contribution in [1.29, 1.82) is 0 Å². The molecule has 5 rings (SSSR count). The summed E-state index contributed by atoms with van der Waals surface area (Å²) in [4.78, 5) is 0. The molecule has 3 aliphatic rings. The summed E-state index contributed by atoms with van der Waals surface area (Å²) in [6.45, 7) is 4.05. The van der Waals surface area contributed by atoms with E-state index in [0.717, 1.165) is 28.2 Å². The Morgan fingerprint density at radius 1 is 1.04 bits per heavy atom. The van der Waals surface area contributed by atoms with Crippen LogP contribution in [-0.4, -0.2) is 28.5 Å². The maximum atomic E-state index is 10.3. The summed E-state index contributed by atoms with van der Waals surface area (Å²) in [5, 5.41) is 20.0. The molecule has 3 aliphatic heterocycles. The van der Waals surface area contributed by atoms with Gasteiger partial charge in [0.15, 0.2) is 0 Å². The second-order valence-corrected chi connectivity index (χ2v) is 7.60. The van der Waals surface area contributed by atoms with Crippen LogP contribution in [0.2, 0.25) is 0 Å². The Hall–Kier alpha value is -2.40. The molecule has 0 aliphatic carbocycles. The van der Waals surface area contributed by atoms with E-state index in [0.29, 0.717) is 18.8 Å². The van der Waals surface area contributed by atoms with E-state index in [1.165, 1.54) is 0 Å². The lowest BCUT2D eigenvalue weighted by molar-refractivity contribution is -0.0230. The average Bonchev–Trinajstić information content (AvgIpc) is 3.15. The van der Waals surface area contributed by atoms with E-state index in [2.05, 4.69) is 0 Å². The van der Waals surface area contributed by atoms with Gasteiger partial charge in [-0.25, -0.2) is 0 Å². The summed E-state index contributed by atoms with van der Waals surface area (Å²) in [7, 11) is 0. The van der Waals surface area contributed by atoms with Crippen molar-refractivity contribution in [3.63, 3.8) is 0 Å². The highest BCUT2D eigenvalue weighted by Crippen LogP contribution is 2.55. The van der Waals surface area contributed by atoms with E-state index >= 15 is 0 Å². The molecular weight excluding hydrogens is 320 g/mol. The summed E-state index contributed by atoms with van der Waals surface area (Å²) >= 11 is 0. The Kier molecular flexibility index (Phi) is 2.87. The Balaban J connectivity index is 1.55. The third-order valence-corrected chi connectivity index (χ3v) is 5.43. The van der Waals surface area contributed by atoms with E-state index in [1.54, 1.807) is 26.0 Å². The number of aromatic hydroxyl groups is 1. The summed E-state index contributed by atoms with van der Waals surface area (Å²) in [6, 6.07) is 9.17. The quantitative estimate of drug-likeness (QED) is 0.835. The number of hydrogen-bond acceptors (Lipinski definition) is 5. The molecule has 0 radical (unpaired) electrons. The van der Waals surface area contributed by atoms with Crippen molar-refractivity contribution in [3.05, 3.63) is 47.0 Å². The smallest absolute Gasteiger partial charge is 0.138 e. The second-order valence-electron chi connectivity index (χ2n) is 7.60. The first-order chi connectivity index (χ1) is 11.9. The maximum absolute atomic E-state index is 10.3. The molecule has 0 aromatic heterocycles. The fourth-order valence-corrected chi connectivity index (χ4v) is 4.03. The largest absolute Gasteiger partial charge is 0.508 e. The number of fused-ring (bicyclic) bond motifs is 7. The standard InChI is InChI=1S/C20H20O5/c1-20(2,22)17-8-13-15(24-17)6-5-11-14-9-23-16-7-10(21)3-4-12(16)19(14)25-18(11)13/h3-7,14,17,19,21-22H,8-9H2,1-2H3/t14-,17?,19-/m0/s1. The predicted octanol–water partition coefficient (Wildman–Crippen LogP) is 3.08. The first-order valence-corrected chi connectivity index (χ1v) is 8.59. The monoisotopic (exact) mass is 340 g/mol. The van der Waals surface area contributed by atoms with Gasteiger partial charge < -0.3 is 24.4 Å². The fraction of sp³-hybridized carbons (Fsp3) is 0.400. The van der Waals surface area contributed by atoms with E-state index in [-0.39, 0.29) is 23.9 Å². The van der Waals surface area contributed by atoms with Gasteiger partial charge in [-0.05, 0) is 32.0 Å². The third kappa shape index (κ3) is 2.12. The van der Waals surface area contributed by atoms with Gasteiger partial charge in [0.2, 0.25) is 0 Å². The Morgan fingerprint density at radius 3 is 2.64 bits per heavy atom. The summed E-state index contributed by atoms with van der Waals surface area (Å²) in [5.74, 6) is 2.64. The van der Waals surface area contributed by atoms with Crippen LogP contribution in [-0.2, 0) is 6.42 Å². The second kappa shape index (κ2) is 4.82. The number of rotatable bonds is 1. The Morgan fingerprint density at radius 2 is 1.84 bits per heavy atom. The van der Waals surface area contributed by atoms with Crippen LogP contribution in [0.25, 0.3) is 0 Å². The SMILES string of the molecule is CC(C)(O)C1Cc2c(ccc3c2O[C@H]2c4ccc(O)cc4OC[C@@H]32)O1. The van der Waals surface area contributed by atoms with Gasteiger partial charge in [-0.3, -0.25) is 0 Å². The van der Waals surface area contributed by atoms with Gasteiger partial charge in [-0.1, -0.05) is 6.07 Å². The highest BCUT2D eigenvalue weighted by molar-refractivity contribution is 5.58. The van der Waals surface area contributed by atoms with Crippen LogP contribution in [0.3, 0.4) is 0 Å². The molecule has 0 saturated carbocycles. The van der Waals surface area contributed by atoms with Gasteiger partial charge in [0, 0.05) is 29.2 Å². The van der Waals surface area contributed by atoms with Crippen LogP contribution < -0.4 is 14.2 Å². The molecule has 0 bridgehead atoms. The predicted molar refractivity (Wildman–Crippen MR) is 90.6 cm³/mol. The lowest BCUT2D eigenvalue weighted by Gasteiger charge is -2.27. The average molecular weight is 340 g/mol. The molecule has 3 heterocycles. The molecule has 0 amide bonds. The van der Waals surface area contributed by atoms with Crippen LogP contribution in [0.5, 0.6) is 23.0 Å². The molecule has 2 aromatic rings. The molecule has 130 valence electrons. The van der Waals surface area contributed by atoms with E-state index < -0.39 is 5.60 Å². The van der Waals surface area contributed by atoms with Gasteiger partial charge >= 0.3 is 0 Å². The minimum Gasteiger partial charge on any atom is -0.508 e. The molecule has 1 unspecified atom stereocenters. The molecule has 25 heavy (non-hydrogen) atoms. The fourth-order valence-electron chi connectivity index (χ4n) is 4.03. The van der Waals surface area contributed by atoms with Crippen LogP contribution in [0.15, 0.2) is 30.3 Å². The first-order valence-electron chi connectivity index (χ1n) is 8.59. The number of phenolic OH excluding ortho intramolecular Hbond substituents is 1. The van der Waals surface area contributed by atoms with E-state index in [9.17, 15) is 10.2 Å². The molecule has 3 atom stereocenters. The molecular formula is C20H20O5. The summed E-state index contributed by atoms with van der Waals surface area (Å²) in [6.07, 6.45) is 0.234. The number of benzene rings is 2.